The first-order valence-electron chi connectivity index (χ1n) is 1.53. The van der Waals surface area contributed by atoms with E-state index in [1.165, 1.54) is 6.92 Å². The maximum absolute atomic E-state index is 9.51. The van der Waals surface area contributed by atoms with Gasteiger partial charge in [-0.3, -0.25) is 0 Å². The first kappa shape index (κ1) is 9.91. The van der Waals surface area contributed by atoms with E-state index in [0.29, 0.717) is 0 Å². The SMILES string of the molecule is CC(S)C(=O)[O-].[NH4+]. The Hall–Kier alpha value is -0.220. The summed E-state index contributed by atoms with van der Waals surface area (Å²) in [5.41, 5.74) is 0. The van der Waals surface area contributed by atoms with Crippen LogP contribution in [0.15, 0.2) is 0 Å². The fourth-order valence-electron chi connectivity index (χ4n) is 0. The number of quaternary nitrogens is 1. The van der Waals surface area contributed by atoms with E-state index in [2.05, 4.69) is 12.6 Å². The summed E-state index contributed by atoms with van der Waals surface area (Å²) in [5, 5.41) is 8.86. The van der Waals surface area contributed by atoms with Gasteiger partial charge in [0.15, 0.2) is 0 Å². The minimum absolute atomic E-state index is 0. The van der Waals surface area contributed by atoms with Crippen LogP contribution in [0.4, 0.5) is 0 Å². The minimum Gasteiger partial charge on any atom is -0.549 e. The third kappa shape index (κ3) is 5.78. The molecule has 0 spiro atoms. The van der Waals surface area contributed by atoms with Crippen LogP contribution < -0.4 is 11.3 Å². The summed E-state index contributed by atoms with van der Waals surface area (Å²) in [5.74, 6) is -1.13. The molecule has 0 aliphatic rings. The molecule has 0 saturated carbocycles. The molecule has 0 fully saturated rings. The molecule has 0 amide bonds. The average Bonchev–Trinajstić information content (AvgIpc) is 1.36. The molecule has 4 heteroatoms. The molecule has 1 atom stereocenters. The van der Waals surface area contributed by atoms with Crippen molar-refractivity contribution in [1.82, 2.24) is 6.15 Å². The predicted molar refractivity (Wildman–Crippen MR) is 29.4 cm³/mol. The highest BCUT2D eigenvalue weighted by Crippen LogP contribution is 1.85. The summed E-state index contributed by atoms with van der Waals surface area (Å²) < 4.78 is 0. The third-order valence-corrected chi connectivity index (χ3v) is 0.552. The van der Waals surface area contributed by atoms with Gasteiger partial charge in [-0.2, -0.15) is 12.6 Å². The molecule has 0 rings (SSSR count). The van der Waals surface area contributed by atoms with Gasteiger partial charge in [0.25, 0.3) is 0 Å². The van der Waals surface area contributed by atoms with Crippen molar-refractivity contribution in [3.63, 3.8) is 0 Å². The number of hydrogen-bond acceptors (Lipinski definition) is 3. The Labute approximate surface area is 47.7 Å². The highest BCUT2D eigenvalue weighted by Gasteiger charge is 1.88. The van der Waals surface area contributed by atoms with Crippen molar-refractivity contribution in [2.24, 2.45) is 0 Å². The van der Waals surface area contributed by atoms with E-state index < -0.39 is 11.2 Å². The Morgan fingerprint density at radius 1 is 1.86 bits per heavy atom. The minimum atomic E-state index is -1.13. The topological polar surface area (TPSA) is 76.6 Å². The Balaban J connectivity index is 0. The maximum Gasteiger partial charge on any atom is 0.0539 e. The van der Waals surface area contributed by atoms with Gasteiger partial charge >= 0.3 is 0 Å². The van der Waals surface area contributed by atoms with Crippen molar-refractivity contribution < 1.29 is 9.90 Å². The molecule has 0 aromatic heterocycles. The van der Waals surface area contributed by atoms with Gasteiger partial charge in [-0.25, -0.2) is 0 Å². The normalized spacial score (nSPS) is 11.7. The molecule has 0 aromatic rings. The lowest BCUT2D eigenvalue weighted by atomic mass is 10.5. The number of carbonyl (C=O) groups excluding carboxylic acids is 1. The molecule has 3 nitrogen and oxygen atoms in total. The van der Waals surface area contributed by atoms with Crippen LogP contribution in [0.3, 0.4) is 0 Å². The largest absolute Gasteiger partial charge is 0.549 e. The van der Waals surface area contributed by atoms with E-state index in [9.17, 15) is 9.90 Å². The number of thiol groups is 1. The van der Waals surface area contributed by atoms with Crippen LogP contribution in [0.25, 0.3) is 0 Å². The van der Waals surface area contributed by atoms with E-state index >= 15 is 0 Å². The lowest BCUT2D eigenvalue weighted by Gasteiger charge is -2.00. The van der Waals surface area contributed by atoms with Gasteiger partial charge in [0, 0.05) is 5.25 Å². The summed E-state index contributed by atoms with van der Waals surface area (Å²) >= 11 is 3.53. The van der Waals surface area contributed by atoms with Crippen molar-refractivity contribution in [1.29, 1.82) is 0 Å². The molecule has 4 N–H and O–H groups in total. The highest BCUT2D eigenvalue weighted by molar-refractivity contribution is 7.81. The quantitative estimate of drug-likeness (QED) is 0.458. The van der Waals surface area contributed by atoms with Gasteiger partial charge in [0.1, 0.15) is 0 Å². The molecule has 0 aliphatic heterocycles. The first-order chi connectivity index (χ1) is 2.64. The van der Waals surface area contributed by atoms with Crippen LogP contribution in [0.5, 0.6) is 0 Å². The van der Waals surface area contributed by atoms with Crippen LogP contribution in [-0.4, -0.2) is 11.2 Å². The Morgan fingerprint density at radius 3 is 2.00 bits per heavy atom. The smallest absolute Gasteiger partial charge is 0.0539 e. The lowest BCUT2D eigenvalue weighted by molar-refractivity contribution is -0.304. The Bertz CT molecular complexity index is 64.0. The summed E-state index contributed by atoms with van der Waals surface area (Å²) in [4.78, 5) is 9.51. The van der Waals surface area contributed by atoms with Gasteiger partial charge in [-0.15, -0.1) is 0 Å². The van der Waals surface area contributed by atoms with Gasteiger partial charge in [0.2, 0.25) is 0 Å². The zero-order valence-electron chi connectivity index (χ0n) is 4.34. The Kier molecular flexibility index (Phi) is 5.60. The van der Waals surface area contributed by atoms with Crippen LogP contribution >= 0.6 is 12.6 Å². The molecule has 7 heavy (non-hydrogen) atoms. The van der Waals surface area contributed by atoms with Gasteiger partial charge in [0.05, 0.1) is 5.97 Å². The number of aliphatic carboxylic acids is 1. The molecule has 44 valence electrons. The molecular weight excluding hydrogens is 114 g/mol. The highest BCUT2D eigenvalue weighted by atomic mass is 32.1. The summed E-state index contributed by atoms with van der Waals surface area (Å²) in [6.45, 7) is 1.44. The zero-order valence-corrected chi connectivity index (χ0v) is 5.24. The number of carboxylic acids is 1. The van der Waals surface area contributed by atoms with Crippen LogP contribution in [-0.2, 0) is 4.79 Å². The second-order valence-electron chi connectivity index (χ2n) is 0.995. The standard InChI is InChI=1S/C3H6O2S.H3N/c1-2(6)3(4)5;/h2,6H,1H3,(H,4,5);1H3. The second kappa shape index (κ2) is 3.95. The van der Waals surface area contributed by atoms with Crippen molar-refractivity contribution in [2.75, 3.05) is 0 Å². The zero-order chi connectivity index (χ0) is 5.15. The van der Waals surface area contributed by atoms with E-state index in [4.69, 9.17) is 0 Å². The van der Waals surface area contributed by atoms with Gasteiger partial charge in [-0.1, -0.05) is 0 Å². The third-order valence-electron chi connectivity index (χ3n) is 0.341. The maximum atomic E-state index is 9.51. The van der Waals surface area contributed by atoms with Crippen LogP contribution in [0.2, 0.25) is 0 Å². The lowest BCUT2D eigenvalue weighted by Crippen LogP contribution is -2.29. The summed E-state index contributed by atoms with van der Waals surface area (Å²) in [6, 6.07) is 0. The molecule has 0 heterocycles. The first-order valence-corrected chi connectivity index (χ1v) is 2.05. The van der Waals surface area contributed by atoms with Crippen molar-refractivity contribution in [2.45, 2.75) is 12.2 Å². The van der Waals surface area contributed by atoms with E-state index in [0.717, 1.165) is 0 Å². The van der Waals surface area contributed by atoms with Crippen LogP contribution in [0.1, 0.15) is 6.92 Å². The van der Waals surface area contributed by atoms with Gasteiger partial charge in [-0.05, 0) is 6.92 Å². The number of carbonyl (C=O) groups is 1. The fourth-order valence-corrected chi connectivity index (χ4v) is 0. The summed E-state index contributed by atoms with van der Waals surface area (Å²) in [6.07, 6.45) is 0. The average molecular weight is 123 g/mol. The second-order valence-corrected chi connectivity index (χ2v) is 1.77. The molecule has 0 aromatic carbocycles. The number of carboxylic acid groups (broad SMARTS) is 1. The van der Waals surface area contributed by atoms with Crippen molar-refractivity contribution >= 4 is 18.6 Å². The fraction of sp³-hybridized carbons (Fsp3) is 0.667. The molecule has 0 aliphatic carbocycles. The molecule has 0 radical (unpaired) electrons. The monoisotopic (exact) mass is 123 g/mol. The number of hydrogen-bond donors (Lipinski definition) is 2. The van der Waals surface area contributed by atoms with Crippen LogP contribution in [0, 0.1) is 0 Å². The van der Waals surface area contributed by atoms with E-state index in [1.54, 1.807) is 0 Å². The molecule has 1 unspecified atom stereocenters. The van der Waals surface area contributed by atoms with E-state index in [-0.39, 0.29) is 6.15 Å². The molecular formula is C3H9NO2S. The number of rotatable bonds is 1. The molecule has 0 saturated heterocycles. The van der Waals surface area contributed by atoms with Gasteiger partial charge < -0.3 is 16.1 Å². The van der Waals surface area contributed by atoms with Crippen molar-refractivity contribution in [3.05, 3.63) is 0 Å². The Morgan fingerprint density at radius 2 is 2.00 bits per heavy atom. The van der Waals surface area contributed by atoms with Crippen molar-refractivity contribution in [3.8, 4) is 0 Å². The molecule has 0 bridgehead atoms. The summed E-state index contributed by atoms with van der Waals surface area (Å²) in [7, 11) is 0. The predicted octanol–water partition coefficient (Wildman–Crippen LogP) is -0.569. The van der Waals surface area contributed by atoms with E-state index in [1.807, 2.05) is 0 Å².